The van der Waals surface area contributed by atoms with Gasteiger partial charge in [0.1, 0.15) is 0 Å². The fraction of sp³-hybridized carbons (Fsp3) is 0.455. The Balaban J connectivity index is 1.96. The number of halogens is 1. The van der Waals surface area contributed by atoms with Gasteiger partial charge in [-0.3, -0.25) is 9.78 Å². The van der Waals surface area contributed by atoms with Gasteiger partial charge in [0, 0.05) is 22.8 Å². The van der Waals surface area contributed by atoms with Gasteiger partial charge in [0.25, 0.3) is 0 Å². The molecule has 1 fully saturated rings. The lowest BCUT2D eigenvalue weighted by molar-refractivity contribution is -0.158. The van der Waals surface area contributed by atoms with E-state index >= 15 is 0 Å². The molecule has 4 nitrogen and oxygen atoms in total. The molecule has 1 aromatic heterocycles. The number of aliphatic hydroxyl groups is 1. The van der Waals surface area contributed by atoms with Gasteiger partial charge in [-0.05, 0) is 40.9 Å². The normalized spacial score (nSPS) is 28.5. The number of nitrogens with zero attached hydrogens (tertiary/aromatic N) is 1. The SMILES string of the molecule is O=C(O)C1CC(O)(Cc2ccc(Br)cn2)C1. The summed E-state index contributed by atoms with van der Waals surface area (Å²) in [5.74, 6) is -1.23. The largest absolute Gasteiger partial charge is 0.481 e. The minimum atomic E-state index is -0.885. The molecule has 1 saturated carbocycles. The van der Waals surface area contributed by atoms with Crippen molar-refractivity contribution in [1.82, 2.24) is 4.98 Å². The minimum absolute atomic E-state index is 0.320. The second-order valence-corrected chi connectivity index (χ2v) is 5.23. The fourth-order valence-corrected chi connectivity index (χ4v) is 2.26. The molecular weight excluding hydrogens is 274 g/mol. The summed E-state index contributed by atoms with van der Waals surface area (Å²) in [6.07, 6.45) is 2.73. The molecule has 0 atom stereocenters. The number of aromatic nitrogens is 1. The third-order valence-electron chi connectivity index (χ3n) is 2.90. The quantitative estimate of drug-likeness (QED) is 0.885. The van der Waals surface area contributed by atoms with E-state index in [1.54, 1.807) is 6.20 Å². The Morgan fingerprint density at radius 1 is 1.56 bits per heavy atom. The molecule has 2 rings (SSSR count). The number of hydrogen-bond acceptors (Lipinski definition) is 3. The number of rotatable bonds is 3. The molecule has 1 aromatic rings. The highest BCUT2D eigenvalue weighted by Gasteiger charge is 2.46. The first kappa shape index (κ1) is 11.5. The van der Waals surface area contributed by atoms with Gasteiger partial charge < -0.3 is 10.2 Å². The van der Waals surface area contributed by atoms with Crippen LogP contribution in [-0.2, 0) is 11.2 Å². The smallest absolute Gasteiger partial charge is 0.306 e. The van der Waals surface area contributed by atoms with Gasteiger partial charge in [-0.2, -0.15) is 0 Å². The van der Waals surface area contributed by atoms with Crippen molar-refractivity contribution in [3.8, 4) is 0 Å². The molecule has 16 heavy (non-hydrogen) atoms. The van der Waals surface area contributed by atoms with Crippen molar-refractivity contribution < 1.29 is 15.0 Å². The summed E-state index contributed by atoms with van der Waals surface area (Å²) in [5.41, 5.74) is -0.0984. The second-order valence-electron chi connectivity index (χ2n) is 4.31. The second kappa shape index (κ2) is 4.14. The monoisotopic (exact) mass is 285 g/mol. The fourth-order valence-electron chi connectivity index (χ4n) is 2.02. The minimum Gasteiger partial charge on any atom is -0.481 e. The molecule has 0 aromatic carbocycles. The van der Waals surface area contributed by atoms with Crippen molar-refractivity contribution in [3.63, 3.8) is 0 Å². The molecule has 0 bridgehead atoms. The zero-order chi connectivity index (χ0) is 11.8. The summed E-state index contributed by atoms with van der Waals surface area (Å²) in [6.45, 7) is 0. The lowest BCUT2D eigenvalue weighted by atomic mass is 9.69. The van der Waals surface area contributed by atoms with Crippen LogP contribution in [0.1, 0.15) is 18.5 Å². The van der Waals surface area contributed by atoms with Crippen LogP contribution >= 0.6 is 15.9 Å². The molecule has 5 heteroatoms. The number of hydrogen-bond donors (Lipinski definition) is 2. The zero-order valence-electron chi connectivity index (χ0n) is 8.56. The molecule has 0 saturated heterocycles. The van der Waals surface area contributed by atoms with E-state index in [4.69, 9.17) is 5.11 Å². The summed E-state index contributed by atoms with van der Waals surface area (Å²) in [6, 6.07) is 3.69. The Hall–Kier alpha value is -0.940. The highest BCUT2D eigenvalue weighted by Crippen LogP contribution is 2.40. The summed E-state index contributed by atoms with van der Waals surface area (Å²) in [7, 11) is 0. The topological polar surface area (TPSA) is 70.4 Å². The van der Waals surface area contributed by atoms with Crippen molar-refractivity contribution in [2.45, 2.75) is 24.9 Å². The summed E-state index contributed by atoms with van der Waals surface area (Å²) >= 11 is 3.28. The van der Waals surface area contributed by atoms with Crippen LogP contribution in [0.2, 0.25) is 0 Å². The average Bonchev–Trinajstić information content (AvgIpc) is 2.17. The van der Waals surface area contributed by atoms with Gasteiger partial charge in [0.05, 0.1) is 11.5 Å². The first-order valence-electron chi connectivity index (χ1n) is 5.04. The third-order valence-corrected chi connectivity index (χ3v) is 3.37. The molecule has 0 unspecified atom stereocenters. The Morgan fingerprint density at radius 2 is 2.25 bits per heavy atom. The van der Waals surface area contributed by atoms with Gasteiger partial charge in [-0.1, -0.05) is 0 Å². The van der Waals surface area contributed by atoms with Gasteiger partial charge >= 0.3 is 5.97 Å². The van der Waals surface area contributed by atoms with E-state index in [0.29, 0.717) is 19.3 Å². The first-order chi connectivity index (χ1) is 7.48. The van der Waals surface area contributed by atoms with E-state index in [1.165, 1.54) is 0 Å². The Bertz CT molecular complexity index is 398. The molecular formula is C11H12BrNO3. The number of pyridine rings is 1. The lowest BCUT2D eigenvalue weighted by Gasteiger charge is -2.41. The van der Waals surface area contributed by atoms with E-state index in [2.05, 4.69) is 20.9 Å². The lowest BCUT2D eigenvalue weighted by Crippen LogP contribution is -2.48. The van der Waals surface area contributed by atoms with E-state index < -0.39 is 17.5 Å². The molecule has 0 spiro atoms. The van der Waals surface area contributed by atoms with E-state index in [9.17, 15) is 9.90 Å². The van der Waals surface area contributed by atoms with Crippen LogP contribution in [0.3, 0.4) is 0 Å². The van der Waals surface area contributed by atoms with Crippen LogP contribution in [0.15, 0.2) is 22.8 Å². The van der Waals surface area contributed by atoms with Crippen LogP contribution in [0, 0.1) is 5.92 Å². The molecule has 86 valence electrons. The molecule has 0 aliphatic heterocycles. The summed E-state index contributed by atoms with van der Waals surface area (Å²) in [5, 5.41) is 18.8. The highest BCUT2D eigenvalue weighted by molar-refractivity contribution is 9.10. The highest BCUT2D eigenvalue weighted by atomic mass is 79.9. The molecule has 0 amide bonds. The predicted molar refractivity (Wildman–Crippen MR) is 61.0 cm³/mol. The van der Waals surface area contributed by atoms with Crippen LogP contribution in [0.25, 0.3) is 0 Å². The summed E-state index contributed by atoms with van der Waals surface area (Å²) < 4.78 is 0.889. The van der Waals surface area contributed by atoms with Crippen molar-refractivity contribution >= 4 is 21.9 Å². The van der Waals surface area contributed by atoms with Crippen LogP contribution in [-0.4, -0.2) is 26.8 Å². The van der Waals surface area contributed by atoms with Crippen molar-refractivity contribution in [2.24, 2.45) is 5.92 Å². The van der Waals surface area contributed by atoms with Crippen molar-refractivity contribution in [1.29, 1.82) is 0 Å². The van der Waals surface area contributed by atoms with E-state index in [-0.39, 0.29) is 0 Å². The number of carbonyl (C=O) groups is 1. The number of aliphatic carboxylic acids is 1. The summed E-state index contributed by atoms with van der Waals surface area (Å²) in [4.78, 5) is 14.8. The molecule has 1 aliphatic carbocycles. The van der Waals surface area contributed by atoms with Crippen molar-refractivity contribution in [2.75, 3.05) is 0 Å². The molecule has 1 aliphatic rings. The van der Waals surface area contributed by atoms with Crippen molar-refractivity contribution in [3.05, 3.63) is 28.5 Å². The number of carboxylic acids is 1. The molecule has 1 heterocycles. The van der Waals surface area contributed by atoms with Gasteiger partial charge in [0.15, 0.2) is 0 Å². The standard InChI is InChI=1S/C11H12BrNO3/c12-8-1-2-9(13-6-8)5-11(16)3-7(4-11)10(14)15/h1-2,6-7,16H,3-5H2,(H,14,15). The molecule has 0 radical (unpaired) electrons. The predicted octanol–water partition coefficient (Wildman–Crippen LogP) is 1.61. The van der Waals surface area contributed by atoms with E-state index in [0.717, 1.165) is 10.2 Å². The maximum Gasteiger partial charge on any atom is 0.306 e. The maximum absolute atomic E-state index is 10.6. The van der Waals surface area contributed by atoms with Crippen LogP contribution in [0.5, 0.6) is 0 Å². The van der Waals surface area contributed by atoms with Crippen LogP contribution < -0.4 is 0 Å². The third kappa shape index (κ3) is 2.41. The average molecular weight is 286 g/mol. The van der Waals surface area contributed by atoms with Gasteiger partial charge in [0.2, 0.25) is 0 Å². The first-order valence-corrected chi connectivity index (χ1v) is 5.83. The maximum atomic E-state index is 10.6. The molecule has 2 N–H and O–H groups in total. The van der Waals surface area contributed by atoms with Gasteiger partial charge in [-0.15, -0.1) is 0 Å². The van der Waals surface area contributed by atoms with Crippen LogP contribution in [0.4, 0.5) is 0 Å². The Morgan fingerprint density at radius 3 is 2.75 bits per heavy atom. The Labute approximate surface area is 101 Å². The van der Waals surface area contributed by atoms with E-state index in [1.807, 2.05) is 12.1 Å². The zero-order valence-corrected chi connectivity index (χ0v) is 10.1. The number of carboxylic acid groups (broad SMARTS) is 1. The Kier molecular flexibility index (Phi) is 2.99. The van der Waals surface area contributed by atoms with Gasteiger partial charge in [-0.25, -0.2) is 0 Å².